The minimum atomic E-state index is -0.408. The Morgan fingerprint density at radius 2 is 1.83 bits per heavy atom. The molecule has 18 heavy (non-hydrogen) atoms. The molecule has 0 amide bonds. The highest BCUT2D eigenvalue weighted by molar-refractivity contribution is 5.20. The van der Waals surface area contributed by atoms with E-state index in [4.69, 9.17) is 0 Å². The second kappa shape index (κ2) is 6.28. The van der Waals surface area contributed by atoms with Gasteiger partial charge in [0.2, 0.25) is 0 Å². The molecule has 0 spiro atoms. The van der Waals surface area contributed by atoms with Gasteiger partial charge in [-0.2, -0.15) is 0 Å². The lowest BCUT2D eigenvalue weighted by atomic mass is 9.85. The number of rotatable bonds is 5. The molecule has 1 N–H and O–H groups in total. The van der Waals surface area contributed by atoms with Crippen LogP contribution in [0.3, 0.4) is 0 Å². The minimum absolute atomic E-state index is 0.254. The zero-order valence-electron chi connectivity index (χ0n) is 10.9. The molecular weight excluding hydrogens is 232 g/mol. The summed E-state index contributed by atoms with van der Waals surface area (Å²) in [4.78, 5) is 0. The van der Waals surface area contributed by atoms with Crippen LogP contribution in [0.5, 0.6) is 0 Å². The van der Waals surface area contributed by atoms with Crippen molar-refractivity contribution in [1.82, 2.24) is 5.32 Å². The molecule has 1 aliphatic carbocycles. The molecule has 2 rings (SSSR count). The number of benzene rings is 1. The fraction of sp³-hybridized carbons (Fsp3) is 0.600. The summed E-state index contributed by atoms with van der Waals surface area (Å²) >= 11 is 0. The van der Waals surface area contributed by atoms with Crippen LogP contribution >= 0.6 is 0 Å². The summed E-state index contributed by atoms with van der Waals surface area (Å²) in [5, 5.41) is 3.16. The number of hydrogen-bond acceptors (Lipinski definition) is 1. The second-order valence-corrected chi connectivity index (χ2v) is 5.27. The Kier molecular flexibility index (Phi) is 4.70. The van der Waals surface area contributed by atoms with E-state index in [1.54, 1.807) is 0 Å². The summed E-state index contributed by atoms with van der Waals surface area (Å²) in [5.74, 6) is 0.128. The molecule has 0 aliphatic heterocycles. The zero-order valence-corrected chi connectivity index (χ0v) is 10.9. The first kappa shape index (κ1) is 13.5. The average Bonchev–Trinajstić information content (AvgIpc) is 2.86. The molecule has 100 valence electrons. The van der Waals surface area contributed by atoms with E-state index in [9.17, 15) is 8.78 Å². The first-order chi connectivity index (χ1) is 8.72. The van der Waals surface area contributed by atoms with Crippen molar-refractivity contribution in [2.24, 2.45) is 11.8 Å². The molecule has 1 aliphatic rings. The highest BCUT2D eigenvalue weighted by Crippen LogP contribution is 2.33. The van der Waals surface area contributed by atoms with Crippen LogP contribution in [-0.4, -0.2) is 13.6 Å². The number of hydrogen-bond donors (Lipinski definition) is 1. The lowest BCUT2D eigenvalue weighted by Gasteiger charge is -2.23. The van der Waals surface area contributed by atoms with Gasteiger partial charge in [-0.3, -0.25) is 0 Å². The Balaban J connectivity index is 2.12. The topological polar surface area (TPSA) is 12.0 Å². The predicted molar refractivity (Wildman–Crippen MR) is 69.4 cm³/mol. The first-order valence-corrected chi connectivity index (χ1v) is 6.80. The van der Waals surface area contributed by atoms with Gasteiger partial charge in [0.25, 0.3) is 0 Å². The van der Waals surface area contributed by atoms with Crippen LogP contribution in [0.4, 0.5) is 8.78 Å². The quantitative estimate of drug-likeness (QED) is 0.846. The van der Waals surface area contributed by atoms with Gasteiger partial charge in [0.15, 0.2) is 0 Å². The molecule has 0 saturated heterocycles. The summed E-state index contributed by atoms with van der Waals surface area (Å²) in [5.41, 5.74) is 0.254. The maximum Gasteiger partial charge on any atom is 0.129 e. The second-order valence-electron chi connectivity index (χ2n) is 5.27. The van der Waals surface area contributed by atoms with Gasteiger partial charge in [0, 0.05) is 5.56 Å². The summed E-state index contributed by atoms with van der Waals surface area (Å²) in [6.45, 7) is 0.832. The maximum atomic E-state index is 13.7. The van der Waals surface area contributed by atoms with E-state index >= 15 is 0 Å². The number of halogens is 2. The van der Waals surface area contributed by atoms with Crippen molar-refractivity contribution in [1.29, 1.82) is 0 Å². The molecule has 0 aromatic heterocycles. The molecule has 1 atom stereocenters. The van der Waals surface area contributed by atoms with E-state index in [-0.39, 0.29) is 5.56 Å². The molecular formula is C15H21F2N. The normalized spacial score (nSPS) is 18.2. The monoisotopic (exact) mass is 253 g/mol. The Morgan fingerprint density at radius 3 is 2.39 bits per heavy atom. The lowest BCUT2D eigenvalue weighted by molar-refractivity contribution is 0.321. The van der Waals surface area contributed by atoms with Crippen LogP contribution in [0.15, 0.2) is 18.2 Å². The van der Waals surface area contributed by atoms with Gasteiger partial charge in [-0.15, -0.1) is 0 Å². The molecule has 1 saturated carbocycles. The van der Waals surface area contributed by atoms with Crippen molar-refractivity contribution in [3.8, 4) is 0 Å². The zero-order chi connectivity index (χ0) is 13.0. The summed E-state index contributed by atoms with van der Waals surface area (Å²) in [6.07, 6.45) is 5.41. The fourth-order valence-electron chi connectivity index (χ4n) is 3.09. The SMILES string of the molecule is CNCC(Cc1c(F)cccc1F)C1CCCC1. The Labute approximate surface area is 108 Å². The third-order valence-electron chi connectivity index (χ3n) is 4.06. The minimum Gasteiger partial charge on any atom is -0.319 e. The molecule has 1 aromatic carbocycles. The predicted octanol–water partition coefficient (Wildman–Crippen LogP) is 3.53. The van der Waals surface area contributed by atoms with Crippen molar-refractivity contribution >= 4 is 0 Å². The van der Waals surface area contributed by atoms with Gasteiger partial charge in [0.1, 0.15) is 11.6 Å². The largest absolute Gasteiger partial charge is 0.319 e. The van der Waals surface area contributed by atoms with E-state index in [0.717, 1.165) is 6.54 Å². The number of nitrogens with one attached hydrogen (secondary N) is 1. The molecule has 0 radical (unpaired) electrons. The third-order valence-corrected chi connectivity index (χ3v) is 4.06. The average molecular weight is 253 g/mol. The maximum absolute atomic E-state index is 13.7. The molecule has 1 fully saturated rings. The van der Waals surface area contributed by atoms with Gasteiger partial charge in [-0.25, -0.2) is 8.78 Å². The molecule has 1 aromatic rings. The summed E-state index contributed by atoms with van der Waals surface area (Å²) in [7, 11) is 1.90. The molecule has 3 heteroatoms. The fourth-order valence-corrected chi connectivity index (χ4v) is 3.09. The van der Waals surface area contributed by atoms with Crippen LogP contribution in [0.1, 0.15) is 31.2 Å². The Bertz CT molecular complexity index is 366. The Hall–Kier alpha value is -0.960. The van der Waals surface area contributed by atoms with E-state index in [2.05, 4.69) is 5.32 Å². The van der Waals surface area contributed by atoms with Crippen molar-refractivity contribution in [2.45, 2.75) is 32.1 Å². The lowest BCUT2D eigenvalue weighted by Crippen LogP contribution is -2.27. The van der Waals surface area contributed by atoms with Crippen molar-refractivity contribution < 1.29 is 8.78 Å². The molecule has 0 bridgehead atoms. The molecule has 1 nitrogen and oxygen atoms in total. The smallest absolute Gasteiger partial charge is 0.129 e. The molecule has 0 heterocycles. The van der Waals surface area contributed by atoms with Gasteiger partial charge < -0.3 is 5.32 Å². The van der Waals surface area contributed by atoms with E-state index < -0.39 is 11.6 Å². The third kappa shape index (κ3) is 3.08. The van der Waals surface area contributed by atoms with Crippen LogP contribution in [-0.2, 0) is 6.42 Å². The van der Waals surface area contributed by atoms with E-state index in [1.165, 1.54) is 43.9 Å². The van der Waals surface area contributed by atoms with Crippen LogP contribution < -0.4 is 5.32 Å². The van der Waals surface area contributed by atoms with Gasteiger partial charge in [0.05, 0.1) is 0 Å². The van der Waals surface area contributed by atoms with Crippen molar-refractivity contribution in [2.75, 3.05) is 13.6 Å². The van der Waals surface area contributed by atoms with Gasteiger partial charge >= 0.3 is 0 Å². The van der Waals surface area contributed by atoms with Gasteiger partial charge in [-0.05, 0) is 44.0 Å². The van der Waals surface area contributed by atoms with E-state index in [0.29, 0.717) is 18.3 Å². The summed E-state index contributed by atoms with van der Waals surface area (Å²) < 4.78 is 27.4. The van der Waals surface area contributed by atoms with Crippen LogP contribution in [0.25, 0.3) is 0 Å². The Morgan fingerprint density at radius 1 is 1.22 bits per heavy atom. The van der Waals surface area contributed by atoms with Crippen molar-refractivity contribution in [3.63, 3.8) is 0 Å². The highest BCUT2D eigenvalue weighted by Gasteiger charge is 2.26. The van der Waals surface area contributed by atoms with E-state index in [1.807, 2.05) is 7.05 Å². The summed E-state index contributed by atoms with van der Waals surface area (Å²) in [6, 6.07) is 4.13. The van der Waals surface area contributed by atoms with Crippen LogP contribution in [0.2, 0.25) is 0 Å². The standard InChI is InChI=1S/C15H21F2N/c1-18-10-12(11-5-2-3-6-11)9-13-14(16)7-4-8-15(13)17/h4,7-8,11-12,18H,2-3,5-6,9-10H2,1H3. The molecule has 1 unspecified atom stereocenters. The highest BCUT2D eigenvalue weighted by atomic mass is 19.1. The first-order valence-electron chi connectivity index (χ1n) is 6.80. The van der Waals surface area contributed by atoms with Crippen molar-refractivity contribution in [3.05, 3.63) is 35.4 Å². The van der Waals surface area contributed by atoms with Gasteiger partial charge in [-0.1, -0.05) is 31.7 Å². The van der Waals surface area contributed by atoms with Crippen LogP contribution in [0, 0.1) is 23.5 Å².